The fourth-order valence-electron chi connectivity index (χ4n) is 2.82. The van der Waals surface area contributed by atoms with E-state index in [0.717, 1.165) is 5.56 Å². The average molecular weight is 459 g/mol. The Morgan fingerprint density at radius 2 is 1.66 bits per heavy atom. The molecule has 0 saturated heterocycles. The van der Waals surface area contributed by atoms with Crippen LogP contribution in [0.1, 0.15) is 21.7 Å². The van der Waals surface area contributed by atoms with Gasteiger partial charge in [-0.15, -0.1) is 0 Å². The molecule has 3 amide bonds. The SMILES string of the molecule is Cc1ccc(S(=O)(=O)NCC(=O)NCC(=O)NNC(=O)c2c(C)nc3ccccn23)cc1. The van der Waals surface area contributed by atoms with Crippen LogP contribution in [0.15, 0.2) is 53.6 Å². The highest BCUT2D eigenvalue weighted by Gasteiger charge is 2.18. The fraction of sp³-hybridized carbons (Fsp3) is 0.200. The Morgan fingerprint density at radius 3 is 2.38 bits per heavy atom. The Labute approximate surface area is 184 Å². The lowest BCUT2D eigenvalue weighted by molar-refractivity contribution is -0.125. The van der Waals surface area contributed by atoms with Crippen LogP contribution in [-0.4, -0.2) is 48.6 Å². The van der Waals surface area contributed by atoms with Gasteiger partial charge in [-0.1, -0.05) is 23.8 Å². The van der Waals surface area contributed by atoms with Crippen molar-refractivity contribution in [1.82, 2.24) is 30.3 Å². The Kier molecular flexibility index (Phi) is 6.85. The number of sulfonamides is 1. The van der Waals surface area contributed by atoms with Crippen LogP contribution >= 0.6 is 0 Å². The summed E-state index contributed by atoms with van der Waals surface area (Å²) in [6.45, 7) is 2.49. The van der Waals surface area contributed by atoms with Crippen molar-refractivity contribution >= 4 is 33.4 Å². The lowest BCUT2D eigenvalue weighted by atomic mass is 10.2. The zero-order valence-corrected chi connectivity index (χ0v) is 18.2. The van der Waals surface area contributed by atoms with Crippen molar-refractivity contribution in [2.45, 2.75) is 18.7 Å². The standard InChI is InChI=1S/C20H22N6O5S/c1-13-6-8-15(9-7-13)32(30,31)22-12-17(27)21-11-18(28)24-25-20(29)19-14(2)23-16-5-3-4-10-26(16)19/h3-10,22H,11-12H2,1-2H3,(H,21,27)(H,24,28)(H,25,29). The molecule has 3 rings (SSSR count). The summed E-state index contributed by atoms with van der Waals surface area (Å²) in [7, 11) is -3.86. The van der Waals surface area contributed by atoms with Gasteiger partial charge in [-0.25, -0.2) is 18.1 Å². The van der Waals surface area contributed by atoms with E-state index in [-0.39, 0.29) is 10.6 Å². The van der Waals surface area contributed by atoms with Crippen molar-refractivity contribution < 1.29 is 22.8 Å². The van der Waals surface area contributed by atoms with Crippen molar-refractivity contribution in [3.8, 4) is 0 Å². The number of rotatable bonds is 7. The molecule has 0 radical (unpaired) electrons. The molecule has 0 unspecified atom stereocenters. The second-order valence-electron chi connectivity index (χ2n) is 6.89. The first-order valence-electron chi connectivity index (χ1n) is 9.53. The van der Waals surface area contributed by atoms with Gasteiger partial charge in [0.2, 0.25) is 15.9 Å². The first kappa shape index (κ1) is 22.9. The molecule has 0 fully saturated rings. The summed E-state index contributed by atoms with van der Waals surface area (Å²) in [5.41, 5.74) is 6.68. The summed E-state index contributed by atoms with van der Waals surface area (Å²) in [6.07, 6.45) is 1.67. The quantitative estimate of drug-likeness (QED) is 0.360. The minimum absolute atomic E-state index is 0.0269. The van der Waals surface area contributed by atoms with E-state index in [1.54, 1.807) is 47.9 Å². The molecule has 0 saturated carbocycles. The Morgan fingerprint density at radius 1 is 0.938 bits per heavy atom. The van der Waals surface area contributed by atoms with Crippen molar-refractivity contribution in [1.29, 1.82) is 0 Å². The topological polar surface area (TPSA) is 151 Å². The lowest BCUT2D eigenvalue weighted by Gasteiger charge is -2.10. The van der Waals surface area contributed by atoms with Gasteiger partial charge in [0.05, 0.1) is 23.7 Å². The number of carbonyl (C=O) groups is 3. The maximum Gasteiger partial charge on any atom is 0.288 e. The molecule has 168 valence electrons. The van der Waals surface area contributed by atoms with Gasteiger partial charge in [0.15, 0.2) is 0 Å². The number of amides is 3. The molecule has 1 aromatic carbocycles. The summed E-state index contributed by atoms with van der Waals surface area (Å²) in [5, 5.41) is 2.27. The van der Waals surface area contributed by atoms with Gasteiger partial charge in [0, 0.05) is 6.20 Å². The number of hydrazine groups is 1. The molecule has 32 heavy (non-hydrogen) atoms. The van der Waals surface area contributed by atoms with Gasteiger partial charge in [0.25, 0.3) is 11.8 Å². The molecule has 0 atom stereocenters. The third-order valence-electron chi connectivity index (χ3n) is 4.43. The van der Waals surface area contributed by atoms with Gasteiger partial charge in [-0.3, -0.25) is 29.6 Å². The van der Waals surface area contributed by atoms with Crippen LogP contribution in [0.3, 0.4) is 0 Å². The number of nitrogens with one attached hydrogen (secondary N) is 4. The number of fused-ring (bicyclic) bond motifs is 1. The van der Waals surface area contributed by atoms with Gasteiger partial charge < -0.3 is 5.32 Å². The molecule has 4 N–H and O–H groups in total. The van der Waals surface area contributed by atoms with Crippen LogP contribution in [0.5, 0.6) is 0 Å². The summed E-state index contributed by atoms with van der Waals surface area (Å²) < 4.78 is 28.1. The van der Waals surface area contributed by atoms with Crippen LogP contribution in [0.2, 0.25) is 0 Å². The monoisotopic (exact) mass is 458 g/mol. The van der Waals surface area contributed by atoms with Crippen LogP contribution in [0, 0.1) is 13.8 Å². The van der Waals surface area contributed by atoms with E-state index in [0.29, 0.717) is 11.3 Å². The molecular formula is C20H22N6O5S. The van der Waals surface area contributed by atoms with E-state index in [9.17, 15) is 22.8 Å². The second kappa shape index (κ2) is 9.58. The number of carbonyl (C=O) groups excluding carboxylic acids is 3. The minimum Gasteiger partial charge on any atom is -0.346 e. The van der Waals surface area contributed by atoms with Gasteiger partial charge in [0.1, 0.15) is 11.3 Å². The number of aryl methyl sites for hydroxylation is 2. The van der Waals surface area contributed by atoms with E-state index in [4.69, 9.17) is 0 Å². The molecule has 0 bridgehead atoms. The summed E-state index contributed by atoms with van der Waals surface area (Å²) >= 11 is 0. The number of nitrogens with zero attached hydrogens (tertiary/aromatic N) is 2. The number of imidazole rings is 1. The van der Waals surface area contributed by atoms with Crippen molar-refractivity contribution in [2.24, 2.45) is 0 Å². The smallest absolute Gasteiger partial charge is 0.288 e. The lowest BCUT2D eigenvalue weighted by Crippen LogP contribution is -2.48. The number of benzene rings is 1. The van der Waals surface area contributed by atoms with Gasteiger partial charge in [-0.05, 0) is 38.1 Å². The highest BCUT2D eigenvalue weighted by Crippen LogP contribution is 2.11. The van der Waals surface area contributed by atoms with Crippen LogP contribution in [-0.2, 0) is 19.6 Å². The second-order valence-corrected chi connectivity index (χ2v) is 8.66. The third-order valence-corrected chi connectivity index (χ3v) is 5.85. The van der Waals surface area contributed by atoms with Crippen molar-refractivity contribution in [3.63, 3.8) is 0 Å². The number of hydrogen-bond acceptors (Lipinski definition) is 6. The summed E-state index contributed by atoms with van der Waals surface area (Å²) in [5.74, 6) is -1.98. The number of aromatic nitrogens is 2. The van der Waals surface area contributed by atoms with Gasteiger partial charge >= 0.3 is 0 Å². The van der Waals surface area contributed by atoms with E-state index >= 15 is 0 Å². The highest BCUT2D eigenvalue weighted by atomic mass is 32.2. The Hall–Kier alpha value is -3.77. The maximum atomic E-state index is 12.4. The summed E-state index contributed by atoms with van der Waals surface area (Å²) in [6, 6.07) is 11.4. The minimum atomic E-state index is -3.86. The number of hydrogen-bond donors (Lipinski definition) is 4. The van der Waals surface area contributed by atoms with E-state index < -0.39 is 40.8 Å². The van der Waals surface area contributed by atoms with E-state index in [2.05, 4.69) is 25.9 Å². The zero-order valence-electron chi connectivity index (χ0n) is 17.4. The molecule has 11 nitrogen and oxygen atoms in total. The van der Waals surface area contributed by atoms with Crippen molar-refractivity contribution in [3.05, 3.63) is 65.6 Å². The van der Waals surface area contributed by atoms with Crippen LogP contribution in [0.25, 0.3) is 5.65 Å². The predicted molar refractivity (Wildman–Crippen MR) is 115 cm³/mol. The van der Waals surface area contributed by atoms with Gasteiger partial charge in [-0.2, -0.15) is 0 Å². The predicted octanol–water partition coefficient (Wildman–Crippen LogP) is -0.193. The zero-order chi connectivity index (χ0) is 23.3. The molecule has 0 spiro atoms. The first-order chi connectivity index (χ1) is 15.2. The summed E-state index contributed by atoms with van der Waals surface area (Å²) in [4.78, 5) is 40.5. The molecule has 2 aromatic heterocycles. The van der Waals surface area contributed by atoms with E-state index in [1.165, 1.54) is 12.1 Å². The molecule has 0 aliphatic carbocycles. The van der Waals surface area contributed by atoms with Crippen molar-refractivity contribution in [2.75, 3.05) is 13.1 Å². The molecule has 3 aromatic rings. The highest BCUT2D eigenvalue weighted by molar-refractivity contribution is 7.89. The van der Waals surface area contributed by atoms with Crippen LogP contribution in [0.4, 0.5) is 0 Å². The van der Waals surface area contributed by atoms with Crippen LogP contribution < -0.4 is 20.9 Å². The largest absolute Gasteiger partial charge is 0.346 e. The fourth-order valence-corrected chi connectivity index (χ4v) is 3.80. The average Bonchev–Trinajstić information content (AvgIpc) is 3.10. The first-order valence-corrected chi connectivity index (χ1v) is 11.0. The Bertz CT molecular complexity index is 1270. The molecule has 12 heteroatoms. The number of pyridine rings is 1. The van der Waals surface area contributed by atoms with E-state index in [1.807, 2.05) is 6.92 Å². The normalized spacial score (nSPS) is 11.2. The molecule has 2 heterocycles. The third kappa shape index (κ3) is 5.47. The molecule has 0 aliphatic rings. The maximum absolute atomic E-state index is 12.4. The Balaban J connectivity index is 1.45. The molecule has 0 aliphatic heterocycles. The molecular weight excluding hydrogens is 436 g/mol.